The minimum Gasteiger partial charge on any atom is -0.351 e. The third-order valence-corrected chi connectivity index (χ3v) is 6.09. The SMILES string of the molecule is O=C(NCCCn1cnc2ccccc21)c1cc2c(s1)CCCCC2. The fourth-order valence-electron chi connectivity index (χ4n) is 3.51. The van der Waals surface area contributed by atoms with E-state index in [1.54, 1.807) is 11.3 Å². The van der Waals surface area contributed by atoms with Crippen LogP contribution in [0.2, 0.25) is 0 Å². The van der Waals surface area contributed by atoms with Crippen molar-refractivity contribution < 1.29 is 4.79 Å². The predicted octanol–water partition coefficient (Wildman–Crippen LogP) is 4.19. The lowest BCUT2D eigenvalue weighted by molar-refractivity contribution is 0.0957. The average molecular weight is 353 g/mol. The number of fused-ring (bicyclic) bond motifs is 2. The number of imidazole rings is 1. The monoisotopic (exact) mass is 353 g/mol. The van der Waals surface area contributed by atoms with Gasteiger partial charge >= 0.3 is 0 Å². The Hall–Kier alpha value is -2.14. The summed E-state index contributed by atoms with van der Waals surface area (Å²) in [6.45, 7) is 1.55. The molecule has 1 aliphatic carbocycles. The van der Waals surface area contributed by atoms with E-state index in [2.05, 4.69) is 27.0 Å². The molecule has 1 N–H and O–H groups in total. The predicted molar refractivity (Wildman–Crippen MR) is 102 cm³/mol. The van der Waals surface area contributed by atoms with Crippen LogP contribution in [0, 0.1) is 0 Å². The van der Waals surface area contributed by atoms with Gasteiger partial charge in [0.1, 0.15) is 0 Å². The van der Waals surface area contributed by atoms with E-state index in [1.165, 1.54) is 29.7 Å². The number of carbonyl (C=O) groups is 1. The highest BCUT2D eigenvalue weighted by atomic mass is 32.1. The zero-order valence-electron chi connectivity index (χ0n) is 14.3. The van der Waals surface area contributed by atoms with Crippen molar-refractivity contribution in [1.82, 2.24) is 14.9 Å². The second kappa shape index (κ2) is 7.40. The highest BCUT2D eigenvalue weighted by molar-refractivity contribution is 7.14. The maximum Gasteiger partial charge on any atom is 0.261 e. The molecule has 0 aliphatic heterocycles. The lowest BCUT2D eigenvalue weighted by Crippen LogP contribution is -2.24. The molecule has 3 aromatic rings. The normalized spacial score (nSPS) is 14.2. The van der Waals surface area contributed by atoms with E-state index in [4.69, 9.17) is 0 Å². The van der Waals surface area contributed by atoms with Crippen molar-refractivity contribution in [3.05, 3.63) is 52.0 Å². The van der Waals surface area contributed by atoms with Crippen LogP contribution in [0.25, 0.3) is 11.0 Å². The van der Waals surface area contributed by atoms with Crippen LogP contribution in [0.5, 0.6) is 0 Å². The summed E-state index contributed by atoms with van der Waals surface area (Å²) in [5.74, 6) is 0.0774. The molecule has 0 spiro atoms. The van der Waals surface area contributed by atoms with E-state index in [0.717, 1.165) is 41.7 Å². The summed E-state index contributed by atoms with van der Waals surface area (Å²) in [6, 6.07) is 10.3. The van der Waals surface area contributed by atoms with Gasteiger partial charge in [0.05, 0.1) is 22.2 Å². The summed E-state index contributed by atoms with van der Waals surface area (Å²) in [5, 5.41) is 3.07. The summed E-state index contributed by atoms with van der Waals surface area (Å²) >= 11 is 1.69. The van der Waals surface area contributed by atoms with E-state index in [9.17, 15) is 4.79 Å². The molecular weight excluding hydrogens is 330 g/mol. The first-order chi connectivity index (χ1) is 12.3. The van der Waals surface area contributed by atoms with E-state index in [0.29, 0.717) is 6.54 Å². The molecule has 0 unspecified atom stereocenters. The summed E-state index contributed by atoms with van der Waals surface area (Å²) in [4.78, 5) is 19.1. The number of hydrogen-bond acceptors (Lipinski definition) is 3. The summed E-state index contributed by atoms with van der Waals surface area (Å²) < 4.78 is 2.15. The van der Waals surface area contributed by atoms with Crippen molar-refractivity contribution >= 4 is 28.3 Å². The fraction of sp³-hybridized carbons (Fsp3) is 0.400. The molecule has 4 nitrogen and oxygen atoms in total. The largest absolute Gasteiger partial charge is 0.351 e. The zero-order valence-corrected chi connectivity index (χ0v) is 15.1. The number of aryl methyl sites for hydroxylation is 3. The Bertz CT molecular complexity index is 857. The van der Waals surface area contributed by atoms with Gasteiger partial charge in [-0.15, -0.1) is 11.3 Å². The Morgan fingerprint density at radius 3 is 3.04 bits per heavy atom. The van der Waals surface area contributed by atoms with Gasteiger partial charge in [-0.3, -0.25) is 4.79 Å². The van der Waals surface area contributed by atoms with Crippen molar-refractivity contribution in [3.63, 3.8) is 0 Å². The number of benzene rings is 1. The molecular formula is C20H23N3OS. The van der Waals surface area contributed by atoms with Crippen LogP contribution >= 0.6 is 11.3 Å². The minimum absolute atomic E-state index is 0.0774. The number of hydrogen-bond donors (Lipinski definition) is 1. The molecule has 2 aromatic heterocycles. The zero-order chi connectivity index (χ0) is 17.1. The van der Waals surface area contributed by atoms with Gasteiger partial charge in [0.25, 0.3) is 5.91 Å². The molecule has 0 saturated carbocycles. The first-order valence-corrected chi connectivity index (χ1v) is 9.92. The Kier molecular flexibility index (Phi) is 4.83. The van der Waals surface area contributed by atoms with Crippen molar-refractivity contribution in [2.75, 3.05) is 6.54 Å². The summed E-state index contributed by atoms with van der Waals surface area (Å²) in [5.41, 5.74) is 3.57. The molecule has 0 radical (unpaired) electrons. The van der Waals surface area contributed by atoms with Gasteiger partial charge in [-0.1, -0.05) is 18.6 Å². The molecule has 2 heterocycles. The highest BCUT2D eigenvalue weighted by Crippen LogP contribution is 2.28. The lowest BCUT2D eigenvalue weighted by Gasteiger charge is -2.06. The lowest BCUT2D eigenvalue weighted by atomic mass is 10.1. The van der Waals surface area contributed by atoms with Gasteiger partial charge in [-0.2, -0.15) is 0 Å². The molecule has 1 aromatic carbocycles. The number of nitrogens with zero attached hydrogens (tertiary/aromatic N) is 2. The van der Waals surface area contributed by atoms with Gasteiger partial charge < -0.3 is 9.88 Å². The molecule has 5 heteroatoms. The van der Waals surface area contributed by atoms with Gasteiger partial charge in [-0.25, -0.2) is 4.98 Å². The minimum atomic E-state index is 0.0774. The van der Waals surface area contributed by atoms with Gasteiger partial charge in [0.2, 0.25) is 0 Å². The maximum absolute atomic E-state index is 12.4. The van der Waals surface area contributed by atoms with Crippen LogP contribution in [0.1, 0.15) is 45.8 Å². The van der Waals surface area contributed by atoms with Gasteiger partial charge in [0.15, 0.2) is 0 Å². The molecule has 0 atom stereocenters. The standard InChI is InChI=1S/C20H23N3OS/c24-20(19-13-15-7-2-1-3-10-18(15)25-19)21-11-6-12-23-14-22-16-8-4-5-9-17(16)23/h4-5,8-9,13-14H,1-3,6-7,10-12H2,(H,21,24). The molecule has 4 rings (SSSR count). The number of amides is 1. The smallest absolute Gasteiger partial charge is 0.261 e. The van der Waals surface area contributed by atoms with Crippen molar-refractivity contribution in [2.45, 2.75) is 45.1 Å². The van der Waals surface area contributed by atoms with Crippen molar-refractivity contribution in [3.8, 4) is 0 Å². The molecule has 1 amide bonds. The van der Waals surface area contributed by atoms with E-state index in [-0.39, 0.29) is 5.91 Å². The van der Waals surface area contributed by atoms with Gasteiger partial charge in [0, 0.05) is 18.0 Å². The quantitative estimate of drug-likeness (QED) is 0.552. The number of aromatic nitrogens is 2. The highest BCUT2D eigenvalue weighted by Gasteiger charge is 2.16. The number of rotatable bonds is 5. The van der Waals surface area contributed by atoms with E-state index < -0.39 is 0 Å². The molecule has 0 saturated heterocycles. The number of thiophene rings is 1. The Balaban J connectivity index is 1.30. The average Bonchev–Trinajstić information content (AvgIpc) is 3.17. The third kappa shape index (κ3) is 3.61. The summed E-state index contributed by atoms with van der Waals surface area (Å²) in [7, 11) is 0. The van der Waals surface area contributed by atoms with Crippen molar-refractivity contribution in [2.24, 2.45) is 0 Å². The topological polar surface area (TPSA) is 46.9 Å². The van der Waals surface area contributed by atoms with Crippen LogP contribution in [0.4, 0.5) is 0 Å². The second-order valence-electron chi connectivity index (χ2n) is 6.66. The van der Waals surface area contributed by atoms with E-state index >= 15 is 0 Å². The molecule has 130 valence electrons. The van der Waals surface area contributed by atoms with Crippen LogP contribution in [0.15, 0.2) is 36.7 Å². The molecule has 0 fully saturated rings. The molecule has 25 heavy (non-hydrogen) atoms. The number of para-hydroxylation sites is 2. The van der Waals surface area contributed by atoms with E-state index in [1.807, 2.05) is 24.5 Å². The fourth-order valence-corrected chi connectivity index (χ4v) is 4.68. The Morgan fingerprint density at radius 2 is 2.08 bits per heavy atom. The Labute approximate surface area is 151 Å². The Morgan fingerprint density at radius 1 is 1.20 bits per heavy atom. The van der Waals surface area contributed by atoms with Crippen LogP contribution in [0.3, 0.4) is 0 Å². The number of carbonyl (C=O) groups excluding carboxylic acids is 1. The van der Waals surface area contributed by atoms with Crippen LogP contribution in [-0.4, -0.2) is 22.0 Å². The maximum atomic E-state index is 12.4. The summed E-state index contributed by atoms with van der Waals surface area (Å²) in [6.07, 6.45) is 8.87. The van der Waals surface area contributed by atoms with Crippen molar-refractivity contribution in [1.29, 1.82) is 0 Å². The first kappa shape index (κ1) is 16.3. The number of nitrogens with one attached hydrogen (secondary N) is 1. The molecule has 0 bridgehead atoms. The third-order valence-electron chi connectivity index (χ3n) is 4.86. The first-order valence-electron chi connectivity index (χ1n) is 9.11. The van der Waals surface area contributed by atoms with Crippen LogP contribution < -0.4 is 5.32 Å². The second-order valence-corrected chi connectivity index (χ2v) is 7.79. The van der Waals surface area contributed by atoms with Gasteiger partial charge in [-0.05, 0) is 55.9 Å². The van der Waals surface area contributed by atoms with Crippen LogP contribution in [-0.2, 0) is 19.4 Å². The molecule has 1 aliphatic rings.